The lowest BCUT2D eigenvalue weighted by atomic mass is 9.89. The Morgan fingerprint density at radius 1 is 1.38 bits per heavy atom. The van der Waals surface area contributed by atoms with Crippen LogP contribution in [0.4, 0.5) is 0 Å². The Morgan fingerprint density at radius 3 is 2.48 bits per heavy atom. The van der Waals surface area contributed by atoms with Gasteiger partial charge in [-0.1, -0.05) is 19.8 Å². The van der Waals surface area contributed by atoms with Gasteiger partial charge in [0, 0.05) is 24.5 Å². The van der Waals surface area contributed by atoms with E-state index in [4.69, 9.17) is 0 Å². The van der Waals surface area contributed by atoms with Crippen molar-refractivity contribution in [3.05, 3.63) is 18.0 Å². The van der Waals surface area contributed by atoms with Crippen LogP contribution in [0.1, 0.15) is 58.2 Å². The lowest BCUT2D eigenvalue weighted by molar-refractivity contribution is 0.268. The second-order valence-corrected chi connectivity index (χ2v) is 8.44. The lowest BCUT2D eigenvalue weighted by Crippen LogP contribution is -2.34. The quantitative estimate of drug-likeness (QED) is 0.847. The van der Waals surface area contributed by atoms with Gasteiger partial charge in [0.15, 0.2) is 0 Å². The van der Waals surface area contributed by atoms with Crippen LogP contribution in [0.2, 0.25) is 0 Å². The van der Waals surface area contributed by atoms with Crippen LogP contribution in [0.3, 0.4) is 0 Å². The number of hydrogen-bond donors (Lipinski definition) is 2. The molecule has 1 fully saturated rings. The summed E-state index contributed by atoms with van der Waals surface area (Å²) in [5.74, 6) is 0. The van der Waals surface area contributed by atoms with Crippen LogP contribution >= 0.6 is 0 Å². The molecule has 1 heterocycles. The van der Waals surface area contributed by atoms with Crippen molar-refractivity contribution in [1.82, 2.24) is 9.29 Å². The van der Waals surface area contributed by atoms with Crippen molar-refractivity contribution in [2.45, 2.75) is 64.0 Å². The monoisotopic (exact) mass is 314 g/mol. The Hall–Kier alpha value is -0.850. The Labute approximate surface area is 127 Å². The van der Waals surface area contributed by atoms with Crippen LogP contribution in [-0.4, -0.2) is 24.6 Å². The molecule has 6 heteroatoms. The van der Waals surface area contributed by atoms with Gasteiger partial charge in [0.2, 0.25) is 10.0 Å². The van der Waals surface area contributed by atoms with E-state index in [9.17, 15) is 13.5 Å². The molecule has 0 radical (unpaired) electrons. The standard InChI is InChI=1S/C15H26N2O3S/c1-12(2)17-9-14(8-13(17)10-18)21(19,20)16-11-15(3)6-4-5-7-15/h8-9,12,16,18H,4-7,10-11H2,1-3H3. The van der Waals surface area contributed by atoms with Gasteiger partial charge in [-0.05, 0) is 38.2 Å². The van der Waals surface area contributed by atoms with Crippen molar-refractivity contribution < 1.29 is 13.5 Å². The average Bonchev–Trinajstić information content (AvgIpc) is 3.03. The molecule has 1 aromatic heterocycles. The minimum absolute atomic E-state index is 0.0769. The van der Waals surface area contributed by atoms with Crippen molar-refractivity contribution in [2.24, 2.45) is 5.41 Å². The van der Waals surface area contributed by atoms with Crippen molar-refractivity contribution >= 4 is 10.0 Å². The number of nitrogens with one attached hydrogen (secondary N) is 1. The predicted octanol–water partition coefficient (Wildman–Crippen LogP) is 2.42. The van der Waals surface area contributed by atoms with Crippen LogP contribution in [0.5, 0.6) is 0 Å². The van der Waals surface area contributed by atoms with Crippen molar-refractivity contribution in [3.63, 3.8) is 0 Å². The fourth-order valence-electron chi connectivity index (χ4n) is 3.01. The van der Waals surface area contributed by atoms with Gasteiger partial charge in [0.05, 0.1) is 11.5 Å². The van der Waals surface area contributed by atoms with Gasteiger partial charge >= 0.3 is 0 Å². The number of aromatic nitrogens is 1. The summed E-state index contributed by atoms with van der Waals surface area (Å²) in [4.78, 5) is 0.238. The zero-order chi connectivity index (χ0) is 15.7. The molecule has 21 heavy (non-hydrogen) atoms. The number of hydrogen-bond acceptors (Lipinski definition) is 3. The maximum Gasteiger partial charge on any atom is 0.242 e. The zero-order valence-corrected chi connectivity index (χ0v) is 13.9. The van der Waals surface area contributed by atoms with E-state index in [0.717, 1.165) is 12.8 Å². The lowest BCUT2D eigenvalue weighted by Gasteiger charge is -2.23. The van der Waals surface area contributed by atoms with Gasteiger partial charge in [-0.2, -0.15) is 0 Å². The average molecular weight is 314 g/mol. The van der Waals surface area contributed by atoms with Crippen molar-refractivity contribution in [3.8, 4) is 0 Å². The first-order valence-corrected chi connectivity index (χ1v) is 9.07. The molecule has 1 aliphatic rings. The highest BCUT2D eigenvalue weighted by atomic mass is 32.2. The Kier molecular flexibility index (Phi) is 4.80. The third-order valence-corrected chi connectivity index (χ3v) is 5.80. The zero-order valence-electron chi connectivity index (χ0n) is 13.1. The third-order valence-electron chi connectivity index (χ3n) is 4.44. The largest absolute Gasteiger partial charge is 0.390 e. The fraction of sp³-hybridized carbons (Fsp3) is 0.733. The first-order valence-electron chi connectivity index (χ1n) is 7.59. The normalized spacial score (nSPS) is 18.5. The minimum atomic E-state index is -3.51. The van der Waals surface area contributed by atoms with Crippen LogP contribution in [0, 0.1) is 5.41 Å². The van der Waals surface area contributed by atoms with Crippen LogP contribution in [0.25, 0.3) is 0 Å². The summed E-state index contributed by atoms with van der Waals surface area (Å²) in [5.41, 5.74) is 0.700. The van der Waals surface area contributed by atoms with E-state index in [1.807, 2.05) is 13.8 Å². The second-order valence-electron chi connectivity index (χ2n) is 6.67. The molecule has 0 bridgehead atoms. The van der Waals surface area contributed by atoms with Gasteiger partial charge in [-0.15, -0.1) is 0 Å². The van der Waals surface area contributed by atoms with Crippen molar-refractivity contribution in [1.29, 1.82) is 0 Å². The maximum absolute atomic E-state index is 12.4. The van der Waals surface area contributed by atoms with Crippen LogP contribution in [-0.2, 0) is 16.6 Å². The van der Waals surface area contributed by atoms with Gasteiger partial charge in [0.25, 0.3) is 0 Å². The molecule has 0 spiro atoms. The second kappa shape index (κ2) is 6.10. The molecule has 2 rings (SSSR count). The molecule has 0 atom stereocenters. The van der Waals surface area contributed by atoms with Gasteiger partial charge in [-0.3, -0.25) is 0 Å². The molecule has 1 saturated carbocycles. The van der Waals surface area contributed by atoms with Gasteiger partial charge in [-0.25, -0.2) is 13.1 Å². The molecular formula is C15H26N2O3S. The third kappa shape index (κ3) is 3.67. The minimum Gasteiger partial charge on any atom is -0.390 e. The molecule has 0 amide bonds. The molecule has 1 aliphatic carbocycles. The molecule has 1 aromatic rings. The Morgan fingerprint density at radius 2 is 2.00 bits per heavy atom. The van der Waals surface area contributed by atoms with Crippen LogP contribution < -0.4 is 4.72 Å². The molecule has 120 valence electrons. The highest BCUT2D eigenvalue weighted by Gasteiger charge is 2.30. The number of rotatable bonds is 6. The summed E-state index contributed by atoms with van der Waals surface area (Å²) in [6.45, 7) is 6.38. The fourth-order valence-corrected chi connectivity index (χ4v) is 4.26. The van der Waals surface area contributed by atoms with E-state index in [1.54, 1.807) is 16.8 Å². The molecule has 0 aromatic carbocycles. The topological polar surface area (TPSA) is 71.3 Å². The summed E-state index contributed by atoms with van der Waals surface area (Å²) in [6, 6.07) is 1.67. The highest BCUT2D eigenvalue weighted by Crippen LogP contribution is 2.37. The first kappa shape index (κ1) is 16.5. The number of nitrogens with zero attached hydrogens (tertiary/aromatic N) is 1. The van der Waals surface area contributed by atoms with Gasteiger partial charge < -0.3 is 9.67 Å². The SMILES string of the molecule is CC(C)n1cc(S(=O)(=O)NCC2(C)CCCC2)cc1CO. The number of aliphatic hydroxyl groups excluding tert-OH is 1. The Bertz CT molecular complexity index is 584. The summed E-state index contributed by atoms with van der Waals surface area (Å²) >= 11 is 0. The van der Waals surface area contributed by atoms with Crippen LogP contribution in [0.15, 0.2) is 17.2 Å². The molecule has 0 unspecified atom stereocenters. The molecule has 0 saturated heterocycles. The van der Waals surface area contributed by atoms with E-state index in [2.05, 4.69) is 11.6 Å². The summed E-state index contributed by atoms with van der Waals surface area (Å²) in [6.07, 6.45) is 6.11. The number of aliphatic hydroxyl groups is 1. The summed E-state index contributed by atoms with van der Waals surface area (Å²) in [5, 5.41) is 9.35. The summed E-state index contributed by atoms with van der Waals surface area (Å²) < 4.78 is 29.4. The first-order chi connectivity index (χ1) is 9.77. The van der Waals surface area contributed by atoms with E-state index in [1.165, 1.54) is 12.8 Å². The number of sulfonamides is 1. The summed E-state index contributed by atoms with van der Waals surface area (Å²) in [7, 11) is -3.51. The molecular weight excluding hydrogens is 288 g/mol. The van der Waals surface area contributed by atoms with E-state index in [0.29, 0.717) is 12.2 Å². The van der Waals surface area contributed by atoms with Crippen molar-refractivity contribution in [2.75, 3.05) is 6.54 Å². The maximum atomic E-state index is 12.4. The Balaban J connectivity index is 2.15. The molecule has 2 N–H and O–H groups in total. The highest BCUT2D eigenvalue weighted by molar-refractivity contribution is 7.89. The molecule has 0 aliphatic heterocycles. The van der Waals surface area contributed by atoms with E-state index < -0.39 is 10.0 Å². The molecule has 5 nitrogen and oxygen atoms in total. The van der Waals surface area contributed by atoms with Gasteiger partial charge in [0.1, 0.15) is 0 Å². The smallest absolute Gasteiger partial charge is 0.242 e. The van der Waals surface area contributed by atoms with E-state index >= 15 is 0 Å². The predicted molar refractivity (Wildman–Crippen MR) is 82.5 cm³/mol. The van der Waals surface area contributed by atoms with E-state index in [-0.39, 0.29) is 23.0 Å².